The van der Waals surface area contributed by atoms with Crippen LogP contribution in [0.1, 0.15) is 45.1 Å². The van der Waals surface area contributed by atoms with Crippen LogP contribution in [0, 0.1) is 0 Å². The van der Waals surface area contributed by atoms with Gasteiger partial charge in [-0.05, 0) is 38.2 Å². The highest BCUT2D eigenvalue weighted by molar-refractivity contribution is 5.19. The van der Waals surface area contributed by atoms with Crippen LogP contribution in [0.5, 0.6) is 0 Å². The maximum Gasteiger partial charge on any atom is 0.0597 e. The number of hydrogen-bond acceptors (Lipinski definition) is 1. The van der Waals surface area contributed by atoms with E-state index in [2.05, 4.69) is 31.2 Å². The van der Waals surface area contributed by atoms with Crippen molar-refractivity contribution in [3.8, 4) is 0 Å². The number of hydrogen-bond donors (Lipinski definition) is 1. The van der Waals surface area contributed by atoms with Gasteiger partial charge < -0.3 is 5.11 Å². The van der Waals surface area contributed by atoms with Gasteiger partial charge in [0.15, 0.2) is 0 Å². The van der Waals surface area contributed by atoms with Crippen LogP contribution in [0.2, 0.25) is 0 Å². The van der Waals surface area contributed by atoms with Gasteiger partial charge in [0.05, 0.1) is 5.60 Å². The van der Waals surface area contributed by atoms with Gasteiger partial charge in [-0.3, -0.25) is 0 Å². The van der Waals surface area contributed by atoms with Gasteiger partial charge in [-0.25, -0.2) is 0 Å². The first-order chi connectivity index (χ1) is 6.53. The van der Waals surface area contributed by atoms with Gasteiger partial charge in [0.1, 0.15) is 0 Å². The molecule has 0 aliphatic heterocycles. The smallest absolute Gasteiger partial charge is 0.0597 e. The molecule has 1 nitrogen and oxygen atoms in total. The summed E-state index contributed by atoms with van der Waals surface area (Å²) < 4.78 is 0. The second-order valence-electron chi connectivity index (χ2n) is 4.53. The molecule has 78 valence electrons. The first-order valence-electron chi connectivity index (χ1n) is 5.30. The molecule has 1 aromatic carbocycles. The van der Waals surface area contributed by atoms with Crippen molar-refractivity contribution in [3.05, 3.63) is 35.9 Å². The molecule has 0 fully saturated rings. The van der Waals surface area contributed by atoms with Gasteiger partial charge >= 0.3 is 0 Å². The van der Waals surface area contributed by atoms with Crippen molar-refractivity contribution in [2.24, 2.45) is 0 Å². The molecule has 0 saturated heterocycles. The minimum Gasteiger partial charge on any atom is -0.390 e. The lowest BCUT2D eigenvalue weighted by Crippen LogP contribution is -2.22. The molecule has 0 spiro atoms. The van der Waals surface area contributed by atoms with Gasteiger partial charge in [-0.15, -0.1) is 0 Å². The van der Waals surface area contributed by atoms with E-state index in [1.807, 2.05) is 19.9 Å². The molecule has 1 aromatic rings. The Kier molecular flexibility index (Phi) is 3.70. The highest BCUT2D eigenvalue weighted by Crippen LogP contribution is 2.28. The van der Waals surface area contributed by atoms with E-state index < -0.39 is 5.60 Å². The number of benzene rings is 1. The molecule has 0 aliphatic carbocycles. The third kappa shape index (κ3) is 3.51. The quantitative estimate of drug-likeness (QED) is 0.775. The first-order valence-corrected chi connectivity index (χ1v) is 5.30. The van der Waals surface area contributed by atoms with Crippen LogP contribution >= 0.6 is 0 Å². The molecule has 1 unspecified atom stereocenters. The van der Waals surface area contributed by atoms with E-state index in [0.29, 0.717) is 5.92 Å². The third-order valence-corrected chi connectivity index (χ3v) is 2.51. The van der Waals surface area contributed by atoms with E-state index in [9.17, 15) is 5.11 Å². The minimum atomic E-state index is -0.573. The highest BCUT2D eigenvalue weighted by Gasteiger charge is 2.19. The van der Waals surface area contributed by atoms with E-state index in [1.54, 1.807) is 0 Å². The first kappa shape index (κ1) is 11.3. The lowest BCUT2D eigenvalue weighted by molar-refractivity contribution is 0.0624. The van der Waals surface area contributed by atoms with E-state index in [1.165, 1.54) is 5.56 Å². The molecule has 1 N–H and O–H groups in total. The van der Waals surface area contributed by atoms with Gasteiger partial charge in [-0.1, -0.05) is 37.3 Å². The summed E-state index contributed by atoms with van der Waals surface area (Å²) in [4.78, 5) is 0. The van der Waals surface area contributed by atoms with Crippen LogP contribution in [-0.4, -0.2) is 10.7 Å². The number of aliphatic hydroxyl groups is 1. The fourth-order valence-electron chi connectivity index (χ4n) is 1.83. The molecule has 14 heavy (non-hydrogen) atoms. The molecular formula is C13H20O. The molecular weight excluding hydrogens is 172 g/mol. The fraction of sp³-hybridized carbons (Fsp3) is 0.538. The predicted octanol–water partition coefficient (Wildman–Crippen LogP) is 3.34. The van der Waals surface area contributed by atoms with Crippen molar-refractivity contribution < 1.29 is 5.11 Å². The summed E-state index contributed by atoms with van der Waals surface area (Å²) in [6, 6.07) is 10.4. The van der Waals surface area contributed by atoms with Gasteiger partial charge in [0.2, 0.25) is 0 Å². The molecule has 0 radical (unpaired) electrons. The maximum atomic E-state index is 9.78. The van der Waals surface area contributed by atoms with Crippen molar-refractivity contribution in [2.45, 2.75) is 45.1 Å². The Labute approximate surface area is 86.8 Å². The second kappa shape index (κ2) is 4.61. The molecule has 1 rings (SSSR count). The summed E-state index contributed by atoms with van der Waals surface area (Å²) >= 11 is 0. The molecule has 1 atom stereocenters. The number of rotatable bonds is 4. The molecule has 0 aliphatic rings. The Bertz CT molecular complexity index is 258. The zero-order valence-electron chi connectivity index (χ0n) is 9.33. The summed E-state index contributed by atoms with van der Waals surface area (Å²) in [6.07, 6.45) is 1.90. The Hall–Kier alpha value is -0.820. The maximum absolute atomic E-state index is 9.78. The zero-order valence-corrected chi connectivity index (χ0v) is 9.33. The SMILES string of the molecule is CCC(CC(C)(C)O)c1ccccc1. The topological polar surface area (TPSA) is 20.2 Å². The largest absolute Gasteiger partial charge is 0.390 e. The van der Waals surface area contributed by atoms with Gasteiger partial charge in [0, 0.05) is 0 Å². The van der Waals surface area contributed by atoms with Gasteiger partial charge in [0.25, 0.3) is 0 Å². The van der Waals surface area contributed by atoms with Crippen molar-refractivity contribution >= 4 is 0 Å². The van der Waals surface area contributed by atoms with Crippen LogP contribution in [-0.2, 0) is 0 Å². The fourth-order valence-corrected chi connectivity index (χ4v) is 1.83. The normalized spacial score (nSPS) is 14.0. The lowest BCUT2D eigenvalue weighted by Gasteiger charge is -2.24. The van der Waals surface area contributed by atoms with Crippen molar-refractivity contribution in [3.63, 3.8) is 0 Å². The van der Waals surface area contributed by atoms with Crippen molar-refractivity contribution in [2.75, 3.05) is 0 Å². The van der Waals surface area contributed by atoms with E-state index in [-0.39, 0.29) is 0 Å². The average molecular weight is 192 g/mol. The Morgan fingerprint density at radius 1 is 1.21 bits per heavy atom. The second-order valence-corrected chi connectivity index (χ2v) is 4.53. The van der Waals surface area contributed by atoms with Crippen LogP contribution in [0.3, 0.4) is 0 Å². The minimum absolute atomic E-state index is 0.469. The molecule has 0 aromatic heterocycles. The molecule has 0 heterocycles. The van der Waals surface area contributed by atoms with Crippen molar-refractivity contribution in [1.29, 1.82) is 0 Å². The van der Waals surface area contributed by atoms with Crippen LogP contribution in [0.4, 0.5) is 0 Å². The molecule has 0 amide bonds. The highest BCUT2D eigenvalue weighted by atomic mass is 16.3. The van der Waals surface area contributed by atoms with Crippen molar-refractivity contribution in [1.82, 2.24) is 0 Å². The summed E-state index contributed by atoms with van der Waals surface area (Å²) in [6.45, 7) is 5.92. The summed E-state index contributed by atoms with van der Waals surface area (Å²) in [5, 5.41) is 9.78. The molecule has 1 heteroatoms. The predicted molar refractivity (Wildman–Crippen MR) is 60.4 cm³/mol. The average Bonchev–Trinajstić information content (AvgIpc) is 2.14. The van der Waals surface area contributed by atoms with E-state index in [4.69, 9.17) is 0 Å². The Morgan fingerprint density at radius 2 is 1.79 bits per heavy atom. The van der Waals surface area contributed by atoms with E-state index in [0.717, 1.165) is 12.8 Å². The van der Waals surface area contributed by atoms with E-state index >= 15 is 0 Å². The van der Waals surface area contributed by atoms with Gasteiger partial charge in [-0.2, -0.15) is 0 Å². The summed E-state index contributed by atoms with van der Waals surface area (Å²) in [5.74, 6) is 0.469. The van der Waals surface area contributed by atoms with Crippen LogP contribution < -0.4 is 0 Å². The monoisotopic (exact) mass is 192 g/mol. The zero-order chi connectivity index (χ0) is 10.6. The Morgan fingerprint density at radius 3 is 2.21 bits per heavy atom. The van der Waals surface area contributed by atoms with Crippen LogP contribution in [0.15, 0.2) is 30.3 Å². The molecule has 0 saturated carbocycles. The lowest BCUT2D eigenvalue weighted by atomic mass is 9.86. The standard InChI is InChI=1S/C13H20O/c1-4-11(10-13(2,3)14)12-8-6-5-7-9-12/h5-9,11,14H,4,10H2,1-3H3. The summed E-state index contributed by atoms with van der Waals surface area (Å²) in [5.41, 5.74) is 0.758. The molecule has 0 bridgehead atoms. The Balaban J connectivity index is 2.73. The summed E-state index contributed by atoms with van der Waals surface area (Å²) in [7, 11) is 0. The third-order valence-electron chi connectivity index (χ3n) is 2.51. The van der Waals surface area contributed by atoms with Crippen LogP contribution in [0.25, 0.3) is 0 Å².